The van der Waals surface area contributed by atoms with Gasteiger partial charge in [0.05, 0.1) is 29.2 Å². The molecule has 0 radical (unpaired) electrons. The zero-order valence-corrected chi connectivity index (χ0v) is 12.2. The number of rotatable bonds is 3. The Balaban J connectivity index is 1.91. The molecular weight excluding hydrogens is 268 g/mol. The summed E-state index contributed by atoms with van der Waals surface area (Å²) >= 11 is 1.63. The quantitative estimate of drug-likeness (QED) is 0.800. The van der Waals surface area contributed by atoms with Crippen molar-refractivity contribution in [3.8, 4) is 6.07 Å². The summed E-state index contributed by atoms with van der Waals surface area (Å²) in [4.78, 5) is 5.53. The first kappa shape index (κ1) is 12.7. The fourth-order valence-electron chi connectivity index (χ4n) is 2.30. The summed E-state index contributed by atoms with van der Waals surface area (Å²) in [6, 6.07) is 8.10. The second-order valence-corrected chi connectivity index (χ2v) is 5.54. The number of fused-ring (bicyclic) bond motifs is 1. The highest BCUT2D eigenvalue weighted by Crippen LogP contribution is 2.21. The second kappa shape index (κ2) is 4.99. The minimum Gasteiger partial charge on any atom is -0.378 e. The molecule has 0 fully saturated rings. The third-order valence-corrected chi connectivity index (χ3v) is 4.15. The summed E-state index contributed by atoms with van der Waals surface area (Å²) in [5.41, 5.74) is 4.72. The van der Waals surface area contributed by atoms with Gasteiger partial charge < -0.3 is 5.32 Å². The van der Waals surface area contributed by atoms with E-state index in [4.69, 9.17) is 0 Å². The molecule has 0 atom stereocenters. The highest BCUT2D eigenvalue weighted by Gasteiger charge is 2.10. The monoisotopic (exact) mass is 282 g/mol. The number of hydrogen-bond donors (Lipinski definition) is 1. The minimum atomic E-state index is 0.655. The Morgan fingerprint density at radius 1 is 1.40 bits per heavy atom. The van der Waals surface area contributed by atoms with E-state index in [0.29, 0.717) is 12.1 Å². The maximum Gasteiger partial charge on any atom is 0.194 e. The van der Waals surface area contributed by atoms with Crippen molar-refractivity contribution in [2.75, 3.05) is 5.32 Å². The molecule has 0 spiro atoms. The predicted molar refractivity (Wildman–Crippen MR) is 81.0 cm³/mol. The number of benzene rings is 1. The van der Waals surface area contributed by atoms with E-state index in [2.05, 4.69) is 20.8 Å². The van der Waals surface area contributed by atoms with Crippen LogP contribution in [0.25, 0.3) is 4.96 Å². The zero-order valence-electron chi connectivity index (χ0n) is 11.3. The van der Waals surface area contributed by atoms with Crippen molar-refractivity contribution in [3.05, 3.63) is 52.3 Å². The molecule has 0 bridgehead atoms. The summed E-state index contributed by atoms with van der Waals surface area (Å²) in [5, 5.41) is 14.6. The first-order chi connectivity index (χ1) is 9.70. The third-order valence-electron chi connectivity index (χ3n) is 3.39. The standard InChI is InChI=1S/C15H14N4S/c1-10-4-3-5-13(12(10)8-16)17-9-14-11(2)18-15-19(14)6-7-20-15/h3-7,17H,9H2,1-2H3. The van der Waals surface area contributed by atoms with Crippen LogP contribution in [-0.2, 0) is 6.54 Å². The number of hydrogen-bond acceptors (Lipinski definition) is 4. The van der Waals surface area contributed by atoms with Crippen LogP contribution in [0.1, 0.15) is 22.5 Å². The first-order valence-electron chi connectivity index (χ1n) is 6.35. The maximum atomic E-state index is 9.24. The zero-order chi connectivity index (χ0) is 14.1. The van der Waals surface area contributed by atoms with E-state index in [0.717, 1.165) is 27.6 Å². The fourth-order valence-corrected chi connectivity index (χ4v) is 3.07. The van der Waals surface area contributed by atoms with Crippen LogP contribution < -0.4 is 5.32 Å². The Bertz CT molecular complexity index is 807. The van der Waals surface area contributed by atoms with Crippen molar-refractivity contribution in [2.45, 2.75) is 20.4 Å². The van der Waals surface area contributed by atoms with Gasteiger partial charge in [0, 0.05) is 11.6 Å². The van der Waals surface area contributed by atoms with Crippen molar-refractivity contribution >= 4 is 22.0 Å². The number of imidazole rings is 1. The summed E-state index contributed by atoms with van der Waals surface area (Å²) in [6.45, 7) is 4.62. The molecule has 20 heavy (non-hydrogen) atoms. The van der Waals surface area contributed by atoms with E-state index in [1.165, 1.54) is 0 Å². The van der Waals surface area contributed by atoms with Crippen molar-refractivity contribution in [1.29, 1.82) is 5.26 Å². The maximum absolute atomic E-state index is 9.24. The van der Waals surface area contributed by atoms with E-state index in [1.807, 2.05) is 43.6 Å². The first-order valence-corrected chi connectivity index (χ1v) is 7.23. The molecule has 1 aromatic carbocycles. The number of thiazole rings is 1. The van der Waals surface area contributed by atoms with Crippen molar-refractivity contribution in [3.63, 3.8) is 0 Å². The highest BCUT2D eigenvalue weighted by molar-refractivity contribution is 7.15. The number of nitrogens with zero attached hydrogens (tertiary/aromatic N) is 3. The third kappa shape index (κ3) is 2.04. The molecule has 0 aliphatic heterocycles. The van der Waals surface area contributed by atoms with Gasteiger partial charge in [0.25, 0.3) is 0 Å². The lowest BCUT2D eigenvalue weighted by Crippen LogP contribution is -2.05. The number of nitriles is 1. The number of aryl methyl sites for hydroxylation is 2. The van der Waals surface area contributed by atoms with Gasteiger partial charge in [-0.3, -0.25) is 4.40 Å². The van der Waals surface area contributed by atoms with Gasteiger partial charge in [-0.05, 0) is 25.5 Å². The number of anilines is 1. The van der Waals surface area contributed by atoms with Crippen LogP contribution in [0.2, 0.25) is 0 Å². The molecule has 100 valence electrons. The van der Waals surface area contributed by atoms with Gasteiger partial charge in [0.2, 0.25) is 0 Å². The topological polar surface area (TPSA) is 53.1 Å². The van der Waals surface area contributed by atoms with Gasteiger partial charge in [-0.1, -0.05) is 12.1 Å². The summed E-state index contributed by atoms with van der Waals surface area (Å²) in [5.74, 6) is 0. The average Bonchev–Trinajstić information content (AvgIpc) is 2.97. The van der Waals surface area contributed by atoms with Crippen LogP contribution in [0.4, 0.5) is 5.69 Å². The minimum absolute atomic E-state index is 0.655. The lowest BCUT2D eigenvalue weighted by Gasteiger charge is -2.10. The van der Waals surface area contributed by atoms with E-state index in [1.54, 1.807) is 11.3 Å². The molecule has 3 rings (SSSR count). The van der Waals surface area contributed by atoms with E-state index in [-0.39, 0.29) is 0 Å². The molecule has 2 aromatic heterocycles. The molecule has 0 saturated carbocycles. The smallest absolute Gasteiger partial charge is 0.194 e. The summed E-state index contributed by atoms with van der Waals surface area (Å²) in [7, 11) is 0. The van der Waals surface area contributed by atoms with Crippen molar-refractivity contribution in [1.82, 2.24) is 9.38 Å². The number of nitrogens with one attached hydrogen (secondary N) is 1. The molecule has 1 N–H and O–H groups in total. The molecular formula is C15H14N4S. The van der Waals surface area contributed by atoms with Crippen molar-refractivity contribution in [2.24, 2.45) is 0 Å². The molecule has 4 nitrogen and oxygen atoms in total. The Labute approximate surface area is 121 Å². The lowest BCUT2D eigenvalue weighted by atomic mass is 10.1. The summed E-state index contributed by atoms with van der Waals surface area (Å²) < 4.78 is 2.09. The van der Waals surface area contributed by atoms with Crippen LogP contribution >= 0.6 is 11.3 Å². The molecule has 0 aliphatic rings. The van der Waals surface area contributed by atoms with Gasteiger partial charge >= 0.3 is 0 Å². The summed E-state index contributed by atoms with van der Waals surface area (Å²) in [6.07, 6.45) is 2.03. The Kier molecular flexibility index (Phi) is 3.17. The van der Waals surface area contributed by atoms with Crippen molar-refractivity contribution < 1.29 is 0 Å². The Hall–Kier alpha value is -2.32. The van der Waals surface area contributed by atoms with E-state index < -0.39 is 0 Å². The normalized spacial score (nSPS) is 10.7. The molecule has 5 heteroatoms. The van der Waals surface area contributed by atoms with Crippen LogP contribution in [0.5, 0.6) is 0 Å². The van der Waals surface area contributed by atoms with Gasteiger partial charge in [-0.15, -0.1) is 11.3 Å². The molecule has 0 unspecified atom stereocenters. The second-order valence-electron chi connectivity index (χ2n) is 4.66. The largest absolute Gasteiger partial charge is 0.378 e. The number of aromatic nitrogens is 2. The van der Waals surface area contributed by atoms with Gasteiger partial charge in [-0.25, -0.2) is 4.98 Å². The predicted octanol–water partition coefficient (Wildman–Crippen LogP) is 3.50. The highest BCUT2D eigenvalue weighted by atomic mass is 32.1. The average molecular weight is 282 g/mol. The van der Waals surface area contributed by atoms with E-state index in [9.17, 15) is 5.26 Å². The molecule has 0 amide bonds. The lowest BCUT2D eigenvalue weighted by molar-refractivity contribution is 0.993. The van der Waals surface area contributed by atoms with Gasteiger partial charge in [0.1, 0.15) is 6.07 Å². The molecule has 3 aromatic rings. The molecule has 0 aliphatic carbocycles. The Morgan fingerprint density at radius 3 is 3.05 bits per heavy atom. The SMILES string of the molecule is Cc1cccc(NCc2c(C)nc3sccn23)c1C#N. The van der Waals surface area contributed by atoms with Crippen LogP contribution in [0.3, 0.4) is 0 Å². The molecule has 0 saturated heterocycles. The van der Waals surface area contributed by atoms with Gasteiger partial charge in [-0.2, -0.15) is 5.26 Å². The van der Waals surface area contributed by atoms with Crippen LogP contribution in [-0.4, -0.2) is 9.38 Å². The van der Waals surface area contributed by atoms with Crippen LogP contribution in [0, 0.1) is 25.2 Å². The fraction of sp³-hybridized carbons (Fsp3) is 0.200. The molecule has 2 heterocycles. The van der Waals surface area contributed by atoms with Crippen LogP contribution in [0.15, 0.2) is 29.8 Å². The van der Waals surface area contributed by atoms with Gasteiger partial charge in [0.15, 0.2) is 4.96 Å². The Morgan fingerprint density at radius 2 is 2.25 bits per heavy atom. The van der Waals surface area contributed by atoms with E-state index >= 15 is 0 Å².